The lowest BCUT2D eigenvalue weighted by Gasteiger charge is -2.25. The van der Waals surface area contributed by atoms with Crippen molar-refractivity contribution in [1.29, 1.82) is 0 Å². The van der Waals surface area contributed by atoms with Crippen LogP contribution in [-0.2, 0) is 23.4 Å². The third kappa shape index (κ3) is 8.75. The van der Waals surface area contributed by atoms with Crippen LogP contribution < -0.4 is 9.61 Å². The molecule has 0 aliphatic heterocycles. The van der Waals surface area contributed by atoms with E-state index in [1.54, 1.807) is 19.1 Å². The van der Waals surface area contributed by atoms with Gasteiger partial charge in [-0.2, -0.15) is 5.09 Å². The molecule has 162 valence electrons. The van der Waals surface area contributed by atoms with Gasteiger partial charge in [-0.3, -0.25) is 9.32 Å². The lowest BCUT2D eigenvalue weighted by atomic mass is 10.2. The van der Waals surface area contributed by atoms with E-state index in [1.165, 1.54) is 26.2 Å². The predicted molar refractivity (Wildman–Crippen MR) is 110 cm³/mol. The summed E-state index contributed by atoms with van der Waals surface area (Å²) in [5, 5.41) is 12.7. The van der Waals surface area contributed by atoms with Crippen LogP contribution >= 0.6 is 19.3 Å². The Hall–Kier alpha value is -1.59. The fraction of sp³-hybridized carbons (Fsp3) is 0.526. The standard InChI is InChI=1S/C19H27ClNO7P/c1-6-13(3)27-19(23)14(4)21-29(24,26-12-18(25-5)17(22)7-2)28-16-10-8-15(20)9-11-16/h2,8-11,13-14,17-18,22H,6,12H2,1,3-5H3,(H,21,24)/t13-,14+,17+,18-,29?/m1/s1. The molecule has 0 saturated carbocycles. The van der Waals surface area contributed by atoms with Crippen molar-refractivity contribution < 1.29 is 33.0 Å². The number of rotatable bonds is 12. The number of methoxy groups -OCH3 is 1. The minimum Gasteiger partial charge on any atom is -0.462 e. The maximum atomic E-state index is 13.3. The van der Waals surface area contributed by atoms with Gasteiger partial charge in [-0.25, -0.2) is 4.57 Å². The second kappa shape index (κ2) is 12.2. The van der Waals surface area contributed by atoms with Gasteiger partial charge in [-0.1, -0.05) is 24.4 Å². The summed E-state index contributed by atoms with van der Waals surface area (Å²) in [6.07, 6.45) is 3.28. The van der Waals surface area contributed by atoms with Crippen molar-refractivity contribution in [2.24, 2.45) is 0 Å². The third-order valence-electron chi connectivity index (χ3n) is 3.87. The topological polar surface area (TPSA) is 103 Å². The van der Waals surface area contributed by atoms with E-state index < -0.39 is 32.0 Å². The van der Waals surface area contributed by atoms with Crippen molar-refractivity contribution in [2.45, 2.75) is 51.5 Å². The number of benzene rings is 1. The van der Waals surface area contributed by atoms with Crippen LogP contribution in [0.3, 0.4) is 0 Å². The zero-order valence-corrected chi connectivity index (χ0v) is 18.5. The first-order valence-corrected chi connectivity index (χ1v) is 10.9. The largest absolute Gasteiger partial charge is 0.462 e. The summed E-state index contributed by atoms with van der Waals surface area (Å²) in [6.45, 7) is 4.73. The van der Waals surface area contributed by atoms with Crippen molar-refractivity contribution in [1.82, 2.24) is 5.09 Å². The second-order valence-electron chi connectivity index (χ2n) is 6.23. The Morgan fingerprint density at radius 3 is 2.48 bits per heavy atom. The van der Waals surface area contributed by atoms with Crippen LogP contribution in [0.4, 0.5) is 0 Å². The van der Waals surface area contributed by atoms with Gasteiger partial charge in [0.1, 0.15) is 24.0 Å². The number of carbonyl (C=O) groups excluding carboxylic acids is 1. The summed E-state index contributed by atoms with van der Waals surface area (Å²) >= 11 is 5.85. The Labute approximate surface area is 176 Å². The molecule has 0 fully saturated rings. The van der Waals surface area contributed by atoms with Gasteiger partial charge < -0.3 is 19.1 Å². The van der Waals surface area contributed by atoms with E-state index in [2.05, 4.69) is 11.0 Å². The van der Waals surface area contributed by atoms with Crippen molar-refractivity contribution >= 4 is 25.3 Å². The first-order chi connectivity index (χ1) is 13.6. The SMILES string of the molecule is C#C[C@H](O)[C@@H](COP(=O)(N[C@@H](C)C(=O)O[C@H](C)CC)Oc1ccc(Cl)cc1)OC. The zero-order valence-electron chi connectivity index (χ0n) is 16.8. The molecule has 10 heteroatoms. The molecule has 0 bridgehead atoms. The van der Waals surface area contributed by atoms with Crippen molar-refractivity contribution in [3.05, 3.63) is 29.3 Å². The van der Waals surface area contributed by atoms with Crippen LogP contribution in [0.2, 0.25) is 5.02 Å². The van der Waals surface area contributed by atoms with Crippen LogP contribution in [0.25, 0.3) is 0 Å². The highest BCUT2D eigenvalue weighted by atomic mass is 35.5. The molecule has 0 aromatic heterocycles. The highest BCUT2D eigenvalue weighted by molar-refractivity contribution is 7.52. The van der Waals surface area contributed by atoms with Gasteiger partial charge in [-0.15, -0.1) is 6.42 Å². The van der Waals surface area contributed by atoms with Gasteiger partial charge in [0.25, 0.3) is 0 Å². The molecule has 0 aliphatic rings. The van der Waals surface area contributed by atoms with Crippen LogP contribution in [-0.4, -0.2) is 49.1 Å². The summed E-state index contributed by atoms with van der Waals surface area (Å²) < 4.78 is 34.4. The molecule has 1 unspecified atom stereocenters. The lowest BCUT2D eigenvalue weighted by Crippen LogP contribution is -2.38. The summed E-state index contributed by atoms with van der Waals surface area (Å²) in [7, 11) is -2.77. The minimum atomic E-state index is -4.09. The highest BCUT2D eigenvalue weighted by Gasteiger charge is 2.34. The van der Waals surface area contributed by atoms with Gasteiger partial charge in [-0.05, 0) is 44.5 Å². The van der Waals surface area contributed by atoms with Crippen LogP contribution in [0.1, 0.15) is 27.2 Å². The number of terminal acetylenes is 1. The summed E-state index contributed by atoms with van der Waals surface area (Å²) in [5.74, 6) is 1.68. The number of hydrogen-bond acceptors (Lipinski definition) is 7. The molecular weight excluding hydrogens is 421 g/mol. The van der Waals surface area contributed by atoms with Gasteiger partial charge >= 0.3 is 13.7 Å². The molecule has 29 heavy (non-hydrogen) atoms. The Morgan fingerprint density at radius 1 is 1.34 bits per heavy atom. The van der Waals surface area contributed by atoms with Gasteiger partial charge in [0.15, 0.2) is 0 Å². The molecule has 1 aromatic rings. The Morgan fingerprint density at radius 2 is 1.97 bits per heavy atom. The van der Waals surface area contributed by atoms with E-state index in [-0.39, 0.29) is 18.5 Å². The van der Waals surface area contributed by atoms with E-state index in [1.807, 2.05) is 6.92 Å². The van der Waals surface area contributed by atoms with Crippen LogP contribution in [0.15, 0.2) is 24.3 Å². The third-order valence-corrected chi connectivity index (χ3v) is 5.77. The molecule has 0 amide bonds. The maximum Gasteiger partial charge on any atom is 0.459 e. The van der Waals surface area contributed by atoms with E-state index in [4.69, 9.17) is 36.5 Å². The molecule has 5 atom stereocenters. The quantitative estimate of drug-likeness (QED) is 0.286. The number of ether oxygens (including phenoxy) is 2. The summed E-state index contributed by atoms with van der Waals surface area (Å²) in [5.41, 5.74) is 0. The predicted octanol–water partition coefficient (Wildman–Crippen LogP) is 3.17. The van der Waals surface area contributed by atoms with E-state index in [0.29, 0.717) is 11.4 Å². The van der Waals surface area contributed by atoms with Gasteiger partial charge in [0.05, 0.1) is 12.7 Å². The monoisotopic (exact) mass is 447 g/mol. The van der Waals surface area contributed by atoms with Crippen molar-refractivity contribution in [3.63, 3.8) is 0 Å². The Kier molecular flexibility index (Phi) is 10.7. The molecule has 0 aliphatic carbocycles. The average Bonchev–Trinajstić information content (AvgIpc) is 2.69. The van der Waals surface area contributed by atoms with Crippen LogP contribution in [0.5, 0.6) is 5.75 Å². The van der Waals surface area contributed by atoms with Gasteiger partial charge in [0.2, 0.25) is 0 Å². The number of carbonyl (C=O) groups is 1. The summed E-state index contributed by atoms with van der Waals surface area (Å²) in [6, 6.07) is 5.07. The van der Waals surface area contributed by atoms with Crippen molar-refractivity contribution in [3.8, 4) is 18.1 Å². The molecule has 8 nitrogen and oxygen atoms in total. The molecular formula is C19H27ClNO7P. The number of halogens is 1. The molecule has 1 rings (SSSR count). The maximum absolute atomic E-state index is 13.3. The number of esters is 1. The molecule has 2 N–H and O–H groups in total. The molecule has 0 heterocycles. The van der Waals surface area contributed by atoms with E-state index in [0.717, 1.165) is 0 Å². The molecule has 1 aromatic carbocycles. The molecule has 0 saturated heterocycles. The van der Waals surface area contributed by atoms with E-state index >= 15 is 0 Å². The smallest absolute Gasteiger partial charge is 0.459 e. The first-order valence-electron chi connectivity index (χ1n) is 8.99. The average molecular weight is 448 g/mol. The van der Waals surface area contributed by atoms with E-state index in [9.17, 15) is 14.5 Å². The number of hydrogen-bond donors (Lipinski definition) is 2. The normalized spacial score (nSPS) is 17.3. The number of aliphatic hydroxyl groups excluding tert-OH is 1. The first kappa shape index (κ1) is 25.4. The fourth-order valence-electron chi connectivity index (χ4n) is 1.96. The van der Waals surface area contributed by atoms with Gasteiger partial charge in [0, 0.05) is 12.1 Å². The highest BCUT2D eigenvalue weighted by Crippen LogP contribution is 2.45. The minimum absolute atomic E-state index is 0.194. The molecule has 0 radical (unpaired) electrons. The zero-order chi connectivity index (χ0) is 22.0. The van der Waals surface area contributed by atoms with Crippen LogP contribution in [0, 0.1) is 12.3 Å². The number of aliphatic hydroxyl groups is 1. The Balaban J connectivity index is 2.97. The van der Waals surface area contributed by atoms with Crippen molar-refractivity contribution in [2.75, 3.05) is 13.7 Å². The Bertz CT molecular complexity index is 737. The fourth-order valence-corrected chi connectivity index (χ4v) is 3.59. The summed E-state index contributed by atoms with van der Waals surface area (Å²) in [4.78, 5) is 12.2. The number of nitrogens with one attached hydrogen (secondary N) is 1. The second-order valence-corrected chi connectivity index (χ2v) is 8.36. The lowest BCUT2D eigenvalue weighted by molar-refractivity contribution is -0.150. The molecule has 0 spiro atoms.